The van der Waals surface area contributed by atoms with Crippen LogP contribution >= 0.6 is 0 Å². The fourth-order valence-electron chi connectivity index (χ4n) is 4.69. The summed E-state index contributed by atoms with van der Waals surface area (Å²) in [7, 11) is 4.11. The van der Waals surface area contributed by atoms with Crippen LogP contribution in [0.15, 0.2) is 24.3 Å². The van der Waals surface area contributed by atoms with Crippen molar-refractivity contribution in [1.29, 1.82) is 0 Å². The summed E-state index contributed by atoms with van der Waals surface area (Å²) in [5.41, 5.74) is 2.58. The molecular formula is C19H27NO. The first-order chi connectivity index (χ1) is 9.77. The van der Waals surface area contributed by atoms with Gasteiger partial charge in [0.2, 0.25) is 0 Å². The lowest BCUT2D eigenvalue weighted by Gasteiger charge is -2.32. The van der Waals surface area contributed by atoms with Crippen LogP contribution in [0.3, 0.4) is 0 Å². The Bertz CT molecular complexity index is 557. The Morgan fingerprint density at radius 1 is 1.14 bits per heavy atom. The van der Waals surface area contributed by atoms with Gasteiger partial charge in [-0.3, -0.25) is 4.79 Å². The Morgan fingerprint density at radius 3 is 2.24 bits per heavy atom. The van der Waals surface area contributed by atoms with Crippen molar-refractivity contribution in [2.24, 2.45) is 22.7 Å². The second kappa shape index (κ2) is 4.59. The summed E-state index contributed by atoms with van der Waals surface area (Å²) in [4.78, 5) is 15.0. The number of hydrogen-bond acceptors (Lipinski definition) is 2. The third-order valence-electron chi connectivity index (χ3n) is 6.58. The molecule has 0 radical (unpaired) electrons. The lowest BCUT2D eigenvalue weighted by molar-refractivity contribution is -0.131. The number of Topliss-reactive ketones (excluding diaryl/α,β-unsaturated/α-hetero) is 1. The molecule has 0 aromatic heterocycles. The normalized spacial score (nSPS) is 33.5. The Kier molecular flexibility index (Phi) is 3.20. The summed E-state index contributed by atoms with van der Waals surface area (Å²) in [6.07, 6.45) is 3.21. The molecule has 1 aromatic rings. The molecule has 3 unspecified atom stereocenters. The Morgan fingerprint density at radius 2 is 1.76 bits per heavy atom. The van der Waals surface area contributed by atoms with Crippen molar-refractivity contribution in [2.45, 2.75) is 40.0 Å². The molecule has 0 aliphatic heterocycles. The highest BCUT2D eigenvalue weighted by molar-refractivity contribution is 5.91. The number of fused-ring (bicyclic) bond motifs is 2. The van der Waals surface area contributed by atoms with E-state index in [1.165, 1.54) is 17.7 Å². The number of benzene rings is 1. The van der Waals surface area contributed by atoms with Crippen LogP contribution in [-0.4, -0.2) is 19.9 Å². The van der Waals surface area contributed by atoms with Gasteiger partial charge < -0.3 is 4.90 Å². The molecule has 114 valence electrons. The van der Waals surface area contributed by atoms with Crippen molar-refractivity contribution in [2.75, 3.05) is 19.0 Å². The van der Waals surface area contributed by atoms with E-state index in [9.17, 15) is 4.79 Å². The number of carbonyl (C=O) groups is 1. The molecule has 0 N–H and O–H groups in total. The monoisotopic (exact) mass is 285 g/mol. The molecule has 0 heterocycles. The first-order valence-corrected chi connectivity index (χ1v) is 8.08. The van der Waals surface area contributed by atoms with E-state index in [1.807, 2.05) is 0 Å². The molecule has 2 saturated carbocycles. The average Bonchev–Trinajstić information content (AvgIpc) is 2.74. The minimum atomic E-state index is -0.0914. The molecule has 21 heavy (non-hydrogen) atoms. The highest BCUT2D eigenvalue weighted by Crippen LogP contribution is 2.66. The summed E-state index contributed by atoms with van der Waals surface area (Å²) in [5.74, 6) is 1.30. The van der Waals surface area contributed by atoms with E-state index in [2.05, 4.69) is 64.0 Å². The van der Waals surface area contributed by atoms with Gasteiger partial charge in [0.05, 0.1) is 0 Å². The van der Waals surface area contributed by atoms with Gasteiger partial charge in [0.15, 0.2) is 0 Å². The van der Waals surface area contributed by atoms with Gasteiger partial charge in [-0.1, -0.05) is 32.9 Å². The van der Waals surface area contributed by atoms with Gasteiger partial charge in [-0.2, -0.15) is 0 Å². The van der Waals surface area contributed by atoms with Crippen LogP contribution < -0.4 is 4.90 Å². The number of hydrogen-bond donors (Lipinski definition) is 0. The van der Waals surface area contributed by atoms with Gasteiger partial charge in [-0.05, 0) is 48.3 Å². The van der Waals surface area contributed by atoms with E-state index < -0.39 is 0 Å². The SMILES string of the molecule is CN(C)c1ccc(CC2C(=O)C3(C)CCC2C3(C)C)cc1. The predicted octanol–water partition coefficient (Wildman–Crippen LogP) is 3.94. The van der Waals surface area contributed by atoms with Gasteiger partial charge in [0.1, 0.15) is 5.78 Å². The second-order valence-corrected chi connectivity index (χ2v) is 7.93. The molecule has 0 spiro atoms. The highest BCUT2D eigenvalue weighted by Gasteiger charge is 2.65. The molecule has 3 atom stereocenters. The lowest BCUT2D eigenvalue weighted by Crippen LogP contribution is -2.33. The third-order valence-corrected chi connectivity index (χ3v) is 6.58. The molecular weight excluding hydrogens is 258 g/mol. The number of carbonyl (C=O) groups excluding carboxylic acids is 1. The average molecular weight is 285 g/mol. The molecule has 2 bridgehead atoms. The van der Waals surface area contributed by atoms with Crippen molar-refractivity contribution in [3.63, 3.8) is 0 Å². The zero-order valence-electron chi connectivity index (χ0n) is 13.9. The van der Waals surface area contributed by atoms with E-state index in [4.69, 9.17) is 0 Å². The van der Waals surface area contributed by atoms with E-state index in [-0.39, 0.29) is 16.7 Å². The van der Waals surface area contributed by atoms with E-state index in [0.29, 0.717) is 11.7 Å². The minimum absolute atomic E-state index is 0.0914. The van der Waals surface area contributed by atoms with E-state index >= 15 is 0 Å². The first-order valence-electron chi connectivity index (χ1n) is 8.08. The van der Waals surface area contributed by atoms with Gasteiger partial charge in [0.25, 0.3) is 0 Å². The van der Waals surface area contributed by atoms with Crippen molar-refractivity contribution >= 4 is 11.5 Å². The Labute approximate surface area is 128 Å². The quantitative estimate of drug-likeness (QED) is 0.838. The van der Waals surface area contributed by atoms with Crippen LogP contribution in [0.1, 0.15) is 39.2 Å². The standard InChI is InChI=1S/C19H27NO/c1-18(2)16-10-11-19(18,3)17(21)15(16)12-13-6-8-14(9-7-13)20(4)5/h6-9,15-16H,10-12H2,1-5H3. The number of nitrogens with zero attached hydrogens (tertiary/aromatic N) is 1. The number of ketones is 1. The van der Waals surface area contributed by atoms with Crippen molar-refractivity contribution < 1.29 is 4.79 Å². The van der Waals surface area contributed by atoms with Crippen molar-refractivity contribution in [1.82, 2.24) is 0 Å². The second-order valence-electron chi connectivity index (χ2n) is 7.93. The Hall–Kier alpha value is -1.31. The zero-order chi connectivity index (χ0) is 15.4. The van der Waals surface area contributed by atoms with Crippen LogP contribution in [-0.2, 0) is 11.2 Å². The predicted molar refractivity (Wildman–Crippen MR) is 87.6 cm³/mol. The van der Waals surface area contributed by atoms with Gasteiger partial charge in [-0.15, -0.1) is 0 Å². The summed E-state index contributed by atoms with van der Waals surface area (Å²) >= 11 is 0. The van der Waals surface area contributed by atoms with E-state index in [0.717, 1.165) is 12.8 Å². The first kappa shape index (κ1) is 14.6. The molecule has 0 saturated heterocycles. The molecule has 2 heteroatoms. The highest BCUT2D eigenvalue weighted by atomic mass is 16.1. The molecule has 1 aromatic carbocycles. The number of anilines is 1. The molecule has 3 rings (SSSR count). The van der Waals surface area contributed by atoms with Crippen molar-refractivity contribution in [3.05, 3.63) is 29.8 Å². The van der Waals surface area contributed by atoms with E-state index in [1.54, 1.807) is 0 Å². The Balaban J connectivity index is 1.82. The lowest BCUT2D eigenvalue weighted by atomic mass is 9.70. The maximum atomic E-state index is 12.9. The minimum Gasteiger partial charge on any atom is -0.378 e. The third kappa shape index (κ3) is 1.95. The molecule has 2 fully saturated rings. The fraction of sp³-hybridized carbons (Fsp3) is 0.632. The molecule has 0 amide bonds. The van der Waals surface area contributed by atoms with Crippen LogP contribution in [0.25, 0.3) is 0 Å². The zero-order valence-corrected chi connectivity index (χ0v) is 13.9. The van der Waals surface area contributed by atoms with Crippen LogP contribution in [0, 0.1) is 22.7 Å². The molecule has 2 aliphatic carbocycles. The maximum Gasteiger partial charge on any atom is 0.142 e. The molecule has 2 nitrogen and oxygen atoms in total. The summed E-state index contributed by atoms with van der Waals surface area (Å²) in [5, 5.41) is 0. The smallest absolute Gasteiger partial charge is 0.142 e. The maximum absolute atomic E-state index is 12.9. The van der Waals surface area contributed by atoms with Crippen LogP contribution in [0.5, 0.6) is 0 Å². The van der Waals surface area contributed by atoms with Crippen molar-refractivity contribution in [3.8, 4) is 0 Å². The fourth-order valence-corrected chi connectivity index (χ4v) is 4.69. The van der Waals surface area contributed by atoms with Crippen LogP contribution in [0.2, 0.25) is 0 Å². The summed E-state index contributed by atoms with van der Waals surface area (Å²) in [6.45, 7) is 6.81. The largest absolute Gasteiger partial charge is 0.378 e. The van der Waals surface area contributed by atoms with Crippen LogP contribution in [0.4, 0.5) is 5.69 Å². The van der Waals surface area contributed by atoms with Gasteiger partial charge >= 0.3 is 0 Å². The summed E-state index contributed by atoms with van der Waals surface area (Å²) < 4.78 is 0. The van der Waals surface area contributed by atoms with Gasteiger partial charge in [-0.25, -0.2) is 0 Å². The molecule has 2 aliphatic rings. The van der Waals surface area contributed by atoms with Gasteiger partial charge in [0, 0.05) is 31.1 Å². The topological polar surface area (TPSA) is 20.3 Å². The summed E-state index contributed by atoms with van der Waals surface area (Å²) in [6, 6.07) is 8.67. The number of rotatable bonds is 3.